The van der Waals surface area contributed by atoms with Gasteiger partial charge in [-0.15, -0.1) is 0 Å². The normalized spacial score (nSPS) is 14.8. The number of imidazole rings is 1. The molecular formula is C28H28N4. The first kappa shape index (κ1) is 19.3. The molecule has 4 nitrogen and oxygen atoms in total. The third-order valence-electron chi connectivity index (χ3n) is 6.95. The number of para-hydroxylation sites is 1. The average molecular weight is 421 g/mol. The molecule has 4 heteroatoms. The van der Waals surface area contributed by atoms with Crippen molar-refractivity contribution in [3.63, 3.8) is 0 Å². The predicted molar refractivity (Wildman–Crippen MR) is 134 cm³/mol. The third kappa shape index (κ3) is 3.32. The summed E-state index contributed by atoms with van der Waals surface area (Å²) in [6, 6.07) is 25.9. The Balaban J connectivity index is 1.50. The van der Waals surface area contributed by atoms with Crippen LogP contribution < -0.4 is 5.73 Å². The van der Waals surface area contributed by atoms with Crippen molar-refractivity contribution in [1.82, 2.24) is 14.5 Å². The molecule has 0 bridgehead atoms. The van der Waals surface area contributed by atoms with Gasteiger partial charge in [-0.05, 0) is 71.2 Å². The number of hydrogen-bond donors (Lipinski definition) is 1. The number of hydrogen-bond acceptors (Lipinski definition) is 3. The van der Waals surface area contributed by atoms with E-state index in [2.05, 4.69) is 70.1 Å². The number of fused-ring (bicyclic) bond motifs is 3. The van der Waals surface area contributed by atoms with Crippen LogP contribution in [0.2, 0.25) is 0 Å². The van der Waals surface area contributed by atoms with E-state index in [0.717, 1.165) is 42.1 Å². The van der Waals surface area contributed by atoms with Crippen LogP contribution >= 0.6 is 0 Å². The van der Waals surface area contributed by atoms with Crippen molar-refractivity contribution >= 4 is 38.3 Å². The second kappa shape index (κ2) is 7.95. The van der Waals surface area contributed by atoms with Gasteiger partial charge < -0.3 is 15.2 Å². The van der Waals surface area contributed by atoms with Gasteiger partial charge >= 0.3 is 0 Å². The Morgan fingerprint density at radius 3 is 2.19 bits per heavy atom. The highest BCUT2D eigenvalue weighted by Crippen LogP contribution is 2.31. The number of nitrogen functional groups attached to an aromatic ring is 1. The molecule has 32 heavy (non-hydrogen) atoms. The zero-order valence-corrected chi connectivity index (χ0v) is 18.3. The lowest BCUT2D eigenvalue weighted by Gasteiger charge is -2.17. The molecule has 2 heterocycles. The van der Waals surface area contributed by atoms with Crippen molar-refractivity contribution in [2.45, 2.75) is 25.8 Å². The zero-order chi connectivity index (χ0) is 21.5. The van der Waals surface area contributed by atoms with Gasteiger partial charge in [0.25, 0.3) is 0 Å². The molecule has 5 aromatic rings. The molecule has 0 aliphatic carbocycles. The lowest BCUT2D eigenvalue weighted by Crippen LogP contribution is -2.24. The maximum absolute atomic E-state index is 6.34. The Morgan fingerprint density at radius 2 is 1.47 bits per heavy atom. The summed E-state index contributed by atoms with van der Waals surface area (Å²) in [6.07, 6.45) is 3.41. The largest absolute Gasteiger partial charge is 0.397 e. The highest BCUT2D eigenvalue weighted by atomic mass is 15.2. The van der Waals surface area contributed by atoms with Crippen LogP contribution in [0.3, 0.4) is 0 Å². The predicted octanol–water partition coefficient (Wildman–Crippen LogP) is 5.61. The van der Waals surface area contributed by atoms with Crippen molar-refractivity contribution in [3.05, 3.63) is 84.2 Å². The van der Waals surface area contributed by atoms with Crippen LogP contribution in [0.25, 0.3) is 32.6 Å². The molecular weight excluding hydrogens is 392 g/mol. The molecule has 1 saturated heterocycles. The van der Waals surface area contributed by atoms with E-state index in [1.165, 1.54) is 53.0 Å². The van der Waals surface area contributed by atoms with Crippen LogP contribution in [-0.2, 0) is 13.0 Å². The Hall–Kier alpha value is -3.37. The van der Waals surface area contributed by atoms with E-state index in [4.69, 9.17) is 10.7 Å². The van der Waals surface area contributed by atoms with Gasteiger partial charge in [-0.2, -0.15) is 0 Å². The minimum absolute atomic E-state index is 0.756. The molecule has 1 aliphatic heterocycles. The molecule has 0 saturated carbocycles. The molecule has 1 aromatic heterocycles. The maximum Gasteiger partial charge on any atom is 0.114 e. The summed E-state index contributed by atoms with van der Waals surface area (Å²) in [5.74, 6) is 1.10. The average Bonchev–Trinajstić information content (AvgIpc) is 3.46. The van der Waals surface area contributed by atoms with Crippen LogP contribution in [0, 0.1) is 0 Å². The summed E-state index contributed by atoms with van der Waals surface area (Å²) in [7, 11) is 0. The van der Waals surface area contributed by atoms with Crippen molar-refractivity contribution in [2.75, 3.05) is 25.4 Å². The minimum Gasteiger partial charge on any atom is -0.397 e. The van der Waals surface area contributed by atoms with E-state index in [0.29, 0.717) is 0 Å². The molecule has 0 atom stereocenters. The number of rotatable bonds is 5. The van der Waals surface area contributed by atoms with Crippen LogP contribution in [0.4, 0.5) is 5.69 Å². The molecule has 4 aromatic carbocycles. The van der Waals surface area contributed by atoms with Gasteiger partial charge in [0.05, 0.1) is 11.2 Å². The van der Waals surface area contributed by atoms with E-state index in [-0.39, 0.29) is 0 Å². The zero-order valence-electron chi connectivity index (χ0n) is 18.3. The molecule has 1 aliphatic rings. The number of likely N-dealkylation sites (tertiary alicyclic amines) is 1. The van der Waals surface area contributed by atoms with E-state index in [1.54, 1.807) is 0 Å². The Kier molecular flexibility index (Phi) is 4.80. The number of nitrogens with zero attached hydrogens (tertiary/aromatic N) is 3. The molecule has 0 amide bonds. The highest BCUT2D eigenvalue weighted by molar-refractivity contribution is 6.02. The van der Waals surface area contributed by atoms with Crippen LogP contribution in [-0.4, -0.2) is 34.1 Å². The summed E-state index contributed by atoms with van der Waals surface area (Å²) in [6.45, 7) is 4.41. The van der Waals surface area contributed by atoms with E-state index in [9.17, 15) is 0 Å². The second-order valence-corrected chi connectivity index (χ2v) is 8.92. The Labute approximate surface area is 188 Å². The fraction of sp³-hybridized carbons (Fsp3) is 0.250. The van der Waals surface area contributed by atoms with Crippen molar-refractivity contribution in [2.24, 2.45) is 0 Å². The third-order valence-corrected chi connectivity index (χ3v) is 6.95. The highest BCUT2D eigenvalue weighted by Gasteiger charge is 2.18. The maximum atomic E-state index is 6.34. The lowest BCUT2D eigenvalue weighted by molar-refractivity contribution is 0.322. The molecule has 6 rings (SSSR count). The van der Waals surface area contributed by atoms with Gasteiger partial charge in [0.2, 0.25) is 0 Å². The summed E-state index contributed by atoms with van der Waals surface area (Å²) in [5.41, 5.74) is 10.5. The quantitative estimate of drug-likeness (QED) is 0.297. The van der Waals surface area contributed by atoms with Crippen molar-refractivity contribution in [1.29, 1.82) is 0 Å². The molecule has 1 fully saturated rings. The monoisotopic (exact) mass is 420 g/mol. The van der Waals surface area contributed by atoms with Crippen molar-refractivity contribution in [3.8, 4) is 0 Å². The summed E-state index contributed by atoms with van der Waals surface area (Å²) >= 11 is 0. The fourth-order valence-electron chi connectivity index (χ4n) is 5.31. The van der Waals surface area contributed by atoms with Gasteiger partial charge in [-0.25, -0.2) is 4.98 Å². The smallest absolute Gasteiger partial charge is 0.114 e. The van der Waals surface area contributed by atoms with Crippen LogP contribution in [0.1, 0.15) is 24.2 Å². The number of benzene rings is 4. The number of aromatic nitrogens is 2. The molecule has 0 spiro atoms. The first-order valence-corrected chi connectivity index (χ1v) is 11.6. The van der Waals surface area contributed by atoms with Crippen LogP contribution in [0.5, 0.6) is 0 Å². The topological polar surface area (TPSA) is 47.1 Å². The van der Waals surface area contributed by atoms with E-state index >= 15 is 0 Å². The second-order valence-electron chi connectivity index (χ2n) is 8.92. The first-order valence-electron chi connectivity index (χ1n) is 11.6. The molecule has 0 radical (unpaired) electrons. The lowest BCUT2D eigenvalue weighted by atomic mass is 9.94. The van der Waals surface area contributed by atoms with Gasteiger partial charge in [0.1, 0.15) is 11.3 Å². The Morgan fingerprint density at radius 1 is 0.781 bits per heavy atom. The number of nitrogens with two attached hydrogens (primary N) is 1. The number of anilines is 1. The molecule has 160 valence electrons. The van der Waals surface area contributed by atoms with E-state index < -0.39 is 0 Å². The summed E-state index contributed by atoms with van der Waals surface area (Å²) < 4.78 is 2.40. The van der Waals surface area contributed by atoms with Crippen molar-refractivity contribution < 1.29 is 0 Å². The first-order chi connectivity index (χ1) is 15.8. The minimum atomic E-state index is 0.756. The Bertz CT molecular complexity index is 1370. The van der Waals surface area contributed by atoms with Gasteiger partial charge in [-0.3, -0.25) is 0 Å². The van der Waals surface area contributed by atoms with Gasteiger partial charge in [0.15, 0.2) is 0 Å². The van der Waals surface area contributed by atoms with E-state index in [1.807, 2.05) is 12.1 Å². The standard InChI is InChI=1S/C28H28N4/c29-25-12-7-13-26-28(25)30-27(32(26)17-16-31-14-5-6-15-31)19-24-22-10-3-1-8-20(22)18-21-9-2-4-11-23(21)24/h1-4,7-13,18H,5-6,14-17,19,29H2. The van der Waals surface area contributed by atoms with Gasteiger partial charge in [-0.1, -0.05) is 54.6 Å². The summed E-state index contributed by atoms with van der Waals surface area (Å²) in [4.78, 5) is 7.65. The molecule has 2 N–H and O–H groups in total. The SMILES string of the molecule is Nc1cccc2c1nc(Cc1c3ccccc3cc3ccccc13)n2CCN1CCCC1. The fourth-order valence-corrected chi connectivity index (χ4v) is 5.31. The molecule has 0 unspecified atom stereocenters. The van der Waals surface area contributed by atoms with Crippen LogP contribution in [0.15, 0.2) is 72.8 Å². The van der Waals surface area contributed by atoms with Gasteiger partial charge in [0, 0.05) is 19.5 Å². The summed E-state index contributed by atoms with van der Waals surface area (Å²) in [5, 5.41) is 5.16.